The van der Waals surface area contributed by atoms with Gasteiger partial charge >= 0.3 is 6.03 Å². The molecule has 0 unspecified atom stereocenters. The summed E-state index contributed by atoms with van der Waals surface area (Å²) in [7, 11) is -1.70. The number of hydrogen-bond donors (Lipinski definition) is 3. The predicted octanol–water partition coefficient (Wildman–Crippen LogP) is 5.07. The molecule has 2 amide bonds. The summed E-state index contributed by atoms with van der Waals surface area (Å²) in [6.07, 6.45) is 2.89. The fraction of sp³-hybridized carbons (Fsp3) is 0.296. The second-order valence-corrected chi connectivity index (χ2v) is 10.8. The minimum absolute atomic E-state index is 0. The van der Waals surface area contributed by atoms with Crippen molar-refractivity contribution >= 4 is 39.8 Å². The molecule has 204 valence electrons. The number of rotatable bonds is 9. The van der Waals surface area contributed by atoms with E-state index in [2.05, 4.69) is 20.3 Å². The van der Waals surface area contributed by atoms with Crippen LogP contribution in [0.15, 0.2) is 72.8 Å². The van der Waals surface area contributed by atoms with E-state index in [0.717, 1.165) is 50.2 Å². The first kappa shape index (κ1) is 29.1. The summed E-state index contributed by atoms with van der Waals surface area (Å²) in [5.41, 5.74) is 2.40. The van der Waals surface area contributed by atoms with Crippen LogP contribution in [0.25, 0.3) is 0 Å². The van der Waals surface area contributed by atoms with E-state index < -0.39 is 10.0 Å². The molecule has 3 aromatic rings. The zero-order valence-corrected chi connectivity index (χ0v) is 23.0. The first-order valence-corrected chi connectivity index (χ1v) is 13.9. The van der Waals surface area contributed by atoms with Gasteiger partial charge in [0.1, 0.15) is 17.2 Å². The quantitative estimate of drug-likeness (QED) is 0.337. The van der Waals surface area contributed by atoms with E-state index in [1.54, 1.807) is 31.4 Å². The number of ether oxygens (including phenoxy) is 2. The molecule has 3 N–H and O–H groups in total. The lowest BCUT2D eigenvalue weighted by molar-refractivity contribution is 0.190. The topological polar surface area (TPSA) is 109 Å². The van der Waals surface area contributed by atoms with Crippen molar-refractivity contribution < 1.29 is 22.7 Å². The van der Waals surface area contributed by atoms with E-state index in [1.807, 2.05) is 48.5 Å². The third-order valence-electron chi connectivity index (χ3n) is 5.99. The molecule has 0 bridgehead atoms. The molecule has 0 spiro atoms. The van der Waals surface area contributed by atoms with E-state index in [9.17, 15) is 13.2 Å². The second-order valence-electron chi connectivity index (χ2n) is 9.02. The molecule has 38 heavy (non-hydrogen) atoms. The number of benzene rings is 3. The molecule has 3 aromatic carbocycles. The van der Waals surface area contributed by atoms with Crippen LogP contribution >= 0.6 is 12.4 Å². The summed E-state index contributed by atoms with van der Waals surface area (Å²) in [6.45, 7) is 2.64. The average Bonchev–Trinajstić information content (AvgIpc) is 2.87. The summed E-state index contributed by atoms with van der Waals surface area (Å²) < 4.78 is 36.1. The number of piperidine rings is 1. The Hall–Kier alpha value is -3.47. The molecule has 4 rings (SSSR count). The number of anilines is 2. The number of urea groups is 1. The Labute approximate surface area is 230 Å². The van der Waals surface area contributed by atoms with Crippen molar-refractivity contribution in [2.75, 3.05) is 36.5 Å². The standard InChI is InChI=1S/C27H32N4O5S.ClH/c1-35-24-11-5-21(6-12-24)28-27(32)29-22-15-17-31(18-16-22)19-20-3-9-25(10-4-20)36-26-13-7-23(8-14-26)30-37(2,33)34;/h3-14,22,30H,15-19H2,1-2H3,(H2,28,29,32);1H. The third kappa shape index (κ3) is 9.13. The molecular weight excluding hydrogens is 528 g/mol. The van der Waals surface area contributed by atoms with Gasteiger partial charge in [0.05, 0.1) is 13.4 Å². The molecule has 9 nitrogen and oxygen atoms in total. The molecule has 1 heterocycles. The molecule has 0 aliphatic carbocycles. The number of carbonyl (C=O) groups is 1. The summed E-state index contributed by atoms with van der Waals surface area (Å²) in [5.74, 6) is 2.08. The van der Waals surface area contributed by atoms with Gasteiger partial charge < -0.3 is 20.1 Å². The normalized spacial score (nSPS) is 14.2. The first-order valence-electron chi connectivity index (χ1n) is 12.0. The minimum atomic E-state index is -3.31. The van der Waals surface area contributed by atoms with Gasteiger partial charge in [-0.2, -0.15) is 0 Å². The van der Waals surface area contributed by atoms with Crippen molar-refractivity contribution in [3.63, 3.8) is 0 Å². The lowest BCUT2D eigenvalue weighted by Gasteiger charge is -2.32. The first-order chi connectivity index (χ1) is 17.8. The average molecular weight is 561 g/mol. The Morgan fingerprint density at radius 3 is 1.95 bits per heavy atom. The fourth-order valence-corrected chi connectivity index (χ4v) is 4.69. The Morgan fingerprint density at radius 2 is 1.39 bits per heavy atom. The van der Waals surface area contributed by atoms with Crippen LogP contribution in [0, 0.1) is 0 Å². The van der Waals surface area contributed by atoms with Crippen LogP contribution in [0.3, 0.4) is 0 Å². The van der Waals surface area contributed by atoms with Crippen molar-refractivity contribution in [3.05, 3.63) is 78.4 Å². The van der Waals surface area contributed by atoms with Crippen LogP contribution in [0.4, 0.5) is 16.2 Å². The lowest BCUT2D eigenvalue weighted by atomic mass is 10.0. The molecular formula is C27H33ClN4O5S. The highest BCUT2D eigenvalue weighted by Gasteiger charge is 2.21. The van der Waals surface area contributed by atoms with Gasteiger partial charge in [0.15, 0.2) is 0 Å². The Balaban J connectivity index is 0.00000400. The molecule has 0 aromatic heterocycles. The maximum Gasteiger partial charge on any atom is 0.319 e. The Morgan fingerprint density at radius 1 is 0.868 bits per heavy atom. The van der Waals surface area contributed by atoms with Crippen LogP contribution in [0.1, 0.15) is 18.4 Å². The third-order valence-corrected chi connectivity index (χ3v) is 6.60. The van der Waals surface area contributed by atoms with Gasteiger partial charge in [-0.1, -0.05) is 12.1 Å². The fourth-order valence-electron chi connectivity index (χ4n) is 4.12. The van der Waals surface area contributed by atoms with Crippen LogP contribution in [0.2, 0.25) is 0 Å². The molecule has 11 heteroatoms. The summed E-state index contributed by atoms with van der Waals surface area (Å²) in [5, 5.41) is 5.93. The van der Waals surface area contributed by atoms with E-state index in [-0.39, 0.29) is 24.5 Å². The number of nitrogens with one attached hydrogen (secondary N) is 3. The van der Waals surface area contributed by atoms with Crippen molar-refractivity contribution in [1.82, 2.24) is 10.2 Å². The molecule has 1 saturated heterocycles. The smallest absolute Gasteiger partial charge is 0.319 e. The SMILES string of the molecule is COc1ccc(NC(=O)NC2CCN(Cc3ccc(Oc4ccc(NS(C)(=O)=O)cc4)cc3)CC2)cc1.Cl. The number of nitrogens with zero attached hydrogens (tertiary/aromatic N) is 1. The van der Waals surface area contributed by atoms with Crippen LogP contribution in [-0.4, -0.2) is 51.8 Å². The number of amides is 2. The van der Waals surface area contributed by atoms with Crippen molar-refractivity contribution in [2.45, 2.75) is 25.4 Å². The molecule has 0 radical (unpaired) electrons. The number of likely N-dealkylation sites (tertiary alicyclic amines) is 1. The monoisotopic (exact) mass is 560 g/mol. The Bertz CT molecular complexity index is 1280. The molecule has 1 aliphatic rings. The number of methoxy groups -OCH3 is 1. The maximum atomic E-state index is 12.3. The van der Waals surface area contributed by atoms with Crippen molar-refractivity contribution in [3.8, 4) is 17.2 Å². The van der Waals surface area contributed by atoms with E-state index >= 15 is 0 Å². The summed E-state index contributed by atoms with van der Waals surface area (Å²) in [4.78, 5) is 14.7. The Kier molecular flexibility index (Phi) is 10.2. The zero-order chi connectivity index (χ0) is 26.3. The molecule has 0 saturated carbocycles. The molecule has 1 fully saturated rings. The maximum absolute atomic E-state index is 12.3. The highest BCUT2D eigenvalue weighted by Crippen LogP contribution is 2.24. The van der Waals surface area contributed by atoms with E-state index in [4.69, 9.17) is 9.47 Å². The highest BCUT2D eigenvalue weighted by molar-refractivity contribution is 7.92. The van der Waals surface area contributed by atoms with Gasteiger partial charge in [0.2, 0.25) is 10.0 Å². The predicted molar refractivity (Wildman–Crippen MR) is 152 cm³/mol. The second kappa shape index (κ2) is 13.4. The van der Waals surface area contributed by atoms with Gasteiger partial charge in [-0.25, -0.2) is 13.2 Å². The van der Waals surface area contributed by atoms with Crippen LogP contribution in [-0.2, 0) is 16.6 Å². The van der Waals surface area contributed by atoms with Gasteiger partial charge in [-0.3, -0.25) is 9.62 Å². The van der Waals surface area contributed by atoms with Crippen molar-refractivity contribution in [2.24, 2.45) is 0 Å². The van der Waals surface area contributed by atoms with Gasteiger partial charge in [-0.05, 0) is 79.1 Å². The highest BCUT2D eigenvalue weighted by atomic mass is 35.5. The summed E-state index contributed by atoms with van der Waals surface area (Å²) in [6, 6.07) is 21.9. The molecule has 0 atom stereocenters. The number of hydrogen-bond acceptors (Lipinski definition) is 6. The van der Waals surface area contributed by atoms with E-state index in [0.29, 0.717) is 17.2 Å². The van der Waals surface area contributed by atoms with Gasteiger partial charge in [0.25, 0.3) is 0 Å². The number of sulfonamides is 1. The van der Waals surface area contributed by atoms with Gasteiger partial charge in [0, 0.05) is 37.1 Å². The minimum Gasteiger partial charge on any atom is -0.497 e. The summed E-state index contributed by atoms with van der Waals surface area (Å²) >= 11 is 0. The van der Waals surface area contributed by atoms with Gasteiger partial charge in [-0.15, -0.1) is 12.4 Å². The van der Waals surface area contributed by atoms with Crippen LogP contribution < -0.4 is 24.8 Å². The van der Waals surface area contributed by atoms with Crippen molar-refractivity contribution in [1.29, 1.82) is 0 Å². The lowest BCUT2D eigenvalue weighted by Crippen LogP contribution is -2.45. The number of carbonyl (C=O) groups excluding carboxylic acids is 1. The molecule has 1 aliphatic heterocycles. The largest absolute Gasteiger partial charge is 0.497 e. The van der Waals surface area contributed by atoms with E-state index in [1.165, 1.54) is 5.56 Å². The zero-order valence-electron chi connectivity index (χ0n) is 21.3. The van der Waals surface area contributed by atoms with Crippen LogP contribution in [0.5, 0.6) is 17.2 Å². The number of halogens is 1.